The predicted octanol–water partition coefficient (Wildman–Crippen LogP) is 2.34. The monoisotopic (exact) mass is 394 g/mol. The van der Waals surface area contributed by atoms with Crippen molar-refractivity contribution in [2.24, 2.45) is 5.92 Å². The molecule has 1 fully saturated rings. The molecule has 28 heavy (non-hydrogen) atoms. The summed E-state index contributed by atoms with van der Waals surface area (Å²) in [5.74, 6) is 7.08. The summed E-state index contributed by atoms with van der Waals surface area (Å²) < 4.78 is 5.33. The van der Waals surface area contributed by atoms with Gasteiger partial charge in [0.15, 0.2) is 0 Å². The van der Waals surface area contributed by atoms with Gasteiger partial charge in [-0.3, -0.25) is 9.78 Å². The molecule has 2 heterocycles. The molecule has 0 aliphatic heterocycles. The predicted molar refractivity (Wildman–Crippen MR) is 104 cm³/mol. The number of nitrogens with one attached hydrogen (secondary N) is 2. The molecule has 0 bridgehead atoms. The second-order valence-electron chi connectivity index (χ2n) is 6.41. The average molecular weight is 395 g/mol. The smallest absolute Gasteiger partial charge is 0.325 e. The summed E-state index contributed by atoms with van der Waals surface area (Å²) in [6.07, 6.45) is 2.18. The molecule has 7 nitrogen and oxygen atoms in total. The lowest BCUT2D eigenvalue weighted by Gasteiger charge is -2.07. The van der Waals surface area contributed by atoms with E-state index in [0.717, 1.165) is 17.5 Å². The SMILES string of the molecule is COc1nnc(-c2c[nH]c(=O)[nH]c2=O)cc1[C@H]1C[C@@H]1C#Cc1cccc(Cl)c1. The van der Waals surface area contributed by atoms with Crippen molar-refractivity contribution < 1.29 is 4.74 Å². The van der Waals surface area contributed by atoms with Gasteiger partial charge in [0, 0.05) is 34.2 Å². The molecule has 1 saturated carbocycles. The van der Waals surface area contributed by atoms with Crippen molar-refractivity contribution in [3.05, 3.63) is 73.5 Å². The number of H-pyrrole nitrogens is 2. The summed E-state index contributed by atoms with van der Waals surface area (Å²) in [5.41, 5.74) is 1.19. The fraction of sp³-hybridized carbons (Fsp3) is 0.200. The van der Waals surface area contributed by atoms with Gasteiger partial charge in [-0.25, -0.2) is 4.79 Å². The number of aromatic nitrogens is 4. The molecule has 2 atom stereocenters. The Morgan fingerprint density at radius 2 is 2.11 bits per heavy atom. The van der Waals surface area contributed by atoms with Crippen LogP contribution in [0.3, 0.4) is 0 Å². The Kier molecular flexibility index (Phi) is 4.72. The number of aromatic amines is 2. The molecule has 8 heteroatoms. The number of halogens is 1. The number of methoxy groups -OCH3 is 1. The second kappa shape index (κ2) is 7.33. The summed E-state index contributed by atoms with van der Waals surface area (Å²) in [5, 5.41) is 8.77. The third kappa shape index (κ3) is 3.68. The summed E-state index contributed by atoms with van der Waals surface area (Å²) in [7, 11) is 1.52. The highest BCUT2D eigenvalue weighted by atomic mass is 35.5. The Balaban J connectivity index is 1.63. The van der Waals surface area contributed by atoms with Crippen molar-refractivity contribution >= 4 is 11.6 Å². The average Bonchev–Trinajstić information content (AvgIpc) is 3.46. The quantitative estimate of drug-likeness (QED) is 0.664. The molecule has 2 N–H and O–H groups in total. The molecule has 0 amide bonds. The molecule has 0 radical (unpaired) electrons. The Bertz CT molecular complexity index is 1220. The van der Waals surface area contributed by atoms with Crippen molar-refractivity contribution in [2.75, 3.05) is 7.11 Å². The third-order valence-electron chi connectivity index (χ3n) is 4.49. The van der Waals surface area contributed by atoms with E-state index in [-0.39, 0.29) is 17.4 Å². The molecular formula is C20H15ClN4O3. The van der Waals surface area contributed by atoms with Gasteiger partial charge in [-0.05, 0) is 30.7 Å². The first-order valence-corrected chi connectivity index (χ1v) is 8.94. The van der Waals surface area contributed by atoms with Crippen LogP contribution in [-0.2, 0) is 0 Å². The van der Waals surface area contributed by atoms with Crippen LogP contribution in [0.2, 0.25) is 5.02 Å². The Labute approximate surface area is 164 Å². The highest BCUT2D eigenvalue weighted by Crippen LogP contribution is 2.49. The van der Waals surface area contributed by atoms with Crippen LogP contribution in [0.4, 0.5) is 0 Å². The fourth-order valence-electron chi connectivity index (χ4n) is 2.99. The molecule has 0 saturated heterocycles. The van der Waals surface area contributed by atoms with Crippen LogP contribution in [-0.4, -0.2) is 27.3 Å². The molecule has 1 aromatic carbocycles. The number of rotatable bonds is 3. The molecule has 140 valence electrons. The van der Waals surface area contributed by atoms with E-state index in [9.17, 15) is 9.59 Å². The van der Waals surface area contributed by atoms with Crippen LogP contribution < -0.4 is 16.0 Å². The number of benzene rings is 1. The second-order valence-corrected chi connectivity index (χ2v) is 6.84. The third-order valence-corrected chi connectivity index (χ3v) is 4.73. The van der Waals surface area contributed by atoms with E-state index < -0.39 is 11.2 Å². The number of ether oxygens (including phenoxy) is 1. The first kappa shape index (κ1) is 18.0. The summed E-state index contributed by atoms with van der Waals surface area (Å²) in [6.45, 7) is 0. The molecule has 0 unspecified atom stereocenters. The maximum absolute atomic E-state index is 12.0. The lowest BCUT2D eigenvalue weighted by Crippen LogP contribution is -2.23. The lowest BCUT2D eigenvalue weighted by molar-refractivity contribution is 0.386. The van der Waals surface area contributed by atoms with Gasteiger partial charge >= 0.3 is 5.69 Å². The van der Waals surface area contributed by atoms with Gasteiger partial charge in [-0.1, -0.05) is 29.5 Å². The van der Waals surface area contributed by atoms with Crippen molar-refractivity contribution in [3.8, 4) is 29.0 Å². The highest BCUT2D eigenvalue weighted by molar-refractivity contribution is 6.30. The van der Waals surface area contributed by atoms with Gasteiger partial charge in [-0.15, -0.1) is 10.2 Å². The molecule has 2 aromatic heterocycles. The van der Waals surface area contributed by atoms with Crippen LogP contribution in [0.1, 0.15) is 23.5 Å². The summed E-state index contributed by atoms with van der Waals surface area (Å²) in [6, 6.07) is 9.16. The van der Waals surface area contributed by atoms with E-state index in [2.05, 4.69) is 32.0 Å². The lowest BCUT2D eigenvalue weighted by atomic mass is 10.1. The van der Waals surface area contributed by atoms with Gasteiger partial charge in [0.2, 0.25) is 5.88 Å². The van der Waals surface area contributed by atoms with Gasteiger partial charge in [-0.2, -0.15) is 0 Å². The van der Waals surface area contributed by atoms with Crippen molar-refractivity contribution in [2.45, 2.75) is 12.3 Å². The maximum atomic E-state index is 12.0. The summed E-state index contributed by atoms with van der Waals surface area (Å²) >= 11 is 5.99. The normalized spacial score (nSPS) is 17.5. The Morgan fingerprint density at radius 1 is 1.25 bits per heavy atom. The largest absolute Gasteiger partial charge is 0.480 e. The van der Waals surface area contributed by atoms with Crippen molar-refractivity contribution in [3.63, 3.8) is 0 Å². The van der Waals surface area contributed by atoms with Gasteiger partial charge in [0.1, 0.15) is 5.69 Å². The van der Waals surface area contributed by atoms with E-state index in [0.29, 0.717) is 16.6 Å². The van der Waals surface area contributed by atoms with E-state index in [1.807, 2.05) is 18.2 Å². The minimum Gasteiger partial charge on any atom is -0.480 e. The van der Waals surface area contributed by atoms with Crippen molar-refractivity contribution in [1.29, 1.82) is 0 Å². The minimum atomic E-state index is -0.575. The Hall–Kier alpha value is -3.37. The zero-order valence-electron chi connectivity index (χ0n) is 14.8. The molecule has 3 aromatic rings. The van der Waals surface area contributed by atoms with E-state index >= 15 is 0 Å². The molecule has 1 aliphatic carbocycles. The van der Waals surface area contributed by atoms with Crippen LogP contribution in [0.15, 0.2) is 46.1 Å². The minimum absolute atomic E-state index is 0.137. The zero-order chi connectivity index (χ0) is 19.7. The van der Waals surface area contributed by atoms with Gasteiger partial charge in [0.25, 0.3) is 5.56 Å². The van der Waals surface area contributed by atoms with E-state index in [1.54, 1.807) is 12.1 Å². The summed E-state index contributed by atoms with van der Waals surface area (Å²) in [4.78, 5) is 27.9. The van der Waals surface area contributed by atoms with Crippen molar-refractivity contribution in [1.82, 2.24) is 20.2 Å². The first-order valence-electron chi connectivity index (χ1n) is 8.56. The van der Waals surface area contributed by atoms with Gasteiger partial charge in [0.05, 0.1) is 12.7 Å². The molecule has 1 aliphatic rings. The molecule has 4 rings (SSSR count). The Morgan fingerprint density at radius 3 is 2.86 bits per heavy atom. The molecule has 0 spiro atoms. The number of hydrogen-bond donors (Lipinski definition) is 2. The van der Waals surface area contributed by atoms with Crippen LogP contribution in [0.25, 0.3) is 11.3 Å². The van der Waals surface area contributed by atoms with Crippen LogP contribution in [0, 0.1) is 17.8 Å². The topological polar surface area (TPSA) is 101 Å². The van der Waals surface area contributed by atoms with Crippen LogP contribution in [0.5, 0.6) is 5.88 Å². The standard InChI is InChI=1S/C20H15ClN4O3/c1-28-19-15(9-17(24-25-19)16-10-22-20(27)23-18(16)26)14-8-12(14)6-5-11-3-2-4-13(21)7-11/h2-4,7,9-10,12,14H,8H2,1H3,(H2,22,23,26,27)/t12-,14-/m0/s1. The first-order chi connectivity index (χ1) is 13.5. The van der Waals surface area contributed by atoms with E-state index in [4.69, 9.17) is 16.3 Å². The zero-order valence-corrected chi connectivity index (χ0v) is 15.6. The number of hydrogen-bond acceptors (Lipinski definition) is 5. The van der Waals surface area contributed by atoms with Gasteiger partial charge < -0.3 is 9.72 Å². The van der Waals surface area contributed by atoms with Crippen LogP contribution >= 0.6 is 11.6 Å². The number of nitrogens with zero attached hydrogens (tertiary/aromatic N) is 2. The maximum Gasteiger partial charge on any atom is 0.325 e. The molecular weight excluding hydrogens is 380 g/mol. The highest BCUT2D eigenvalue weighted by Gasteiger charge is 2.40. The fourth-order valence-corrected chi connectivity index (χ4v) is 3.18. The van der Waals surface area contributed by atoms with E-state index in [1.165, 1.54) is 13.3 Å².